The largest absolute Gasteiger partial charge is 0.416 e. The molecule has 1 N–H and O–H groups in total. The monoisotopic (exact) mass is 532 g/mol. The Morgan fingerprint density at radius 3 is 2.14 bits per heavy atom. The highest BCUT2D eigenvalue weighted by Crippen LogP contribution is 2.32. The molecule has 3 aromatic carbocycles. The van der Waals surface area contributed by atoms with Crippen LogP contribution >= 0.6 is 0 Å². The van der Waals surface area contributed by atoms with Crippen molar-refractivity contribution >= 4 is 15.7 Å². The number of nitrogens with one attached hydrogen (secondary N) is 1. The van der Waals surface area contributed by atoms with Crippen LogP contribution in [0.1, 0.15) is 37.5 Å². The normalized spacial score (nSPS) is 15.1. The number of anilines is 1. The van der Waals surface area contributed by atoms with Gasteiger partial charge >= 0.3 is 6.18 Å². The van der Waals surface area contributed by atoms with Crippen LogP contribution in [0, 0.1) is 6.92 Å². The zero-order valence-corrected chi connectivity index (χ0v) is 22.1. The van der Waals surface area contributed by atoms with E-state index in [4.69, 9.17) is 4.74 Å². The lowest BCUT2D eigenvalue weighted by Crippen LogP contribution is -2.52. The molecular weight excluding hydrogens is 501 g/mol. The van der Waals surface area contributed by atoms with Crippen LogP contribution in [0.25, 0.3) is 11.1 Å². The number of nitrogens with zero attached hydrogens (tertiary/aromatic N) is 1. The van der Waals surface area contributed by atoms with E-state index in [-0.39, 0.29) is 11.0 Å². The lowest BCUT2D eigenvalue weighted by Gasteiger charge is -2.40. The van der Waals surface area contributed by atoms with Crippen molar-refractivity contribution in [2.24, 2.45) is 0 Å². The van der Waals surface area contributed by atoms with E-state index in [9.17, 15) is 21.6 Å². The maximum atomic E-state index is 13.0. The third-order valence-corrected chi connectivity index (χ3v) is 7.84. The van der Waals surface area contributed by atoms with E-state index in [1.165, 1.54) is 12.1 Å². The Labute approximate surface area is 216 Å². The van der Waals surface area contributed by atoms with Gasteiger partial charge in [-0.25, -0.2) is 13.1 Å². The minimum atomic E-state index is -4.34. The van der Waals surface area contributed by atoms with Crippen LogP contribution in [0.2, 0.25) is 0 Å². The van der Waals surface area contributed by atoms with Gasteiger partial charge in [-0.1, -0.05) is 42.0 Å². The maximum absolute atomic E-state index is 13.0. The molecule has 198 valence electrons. The van der Waals surface area contributed by atoms with E-state index >= 15 is 0 Å². The van der Waals surface area contributed by atoms with Crippen LogP contribution in [0.3, 0.4) is 0 Å². The van der Waals surface area contributed by atoms with Crippen molar-refractivity contribution in [2.45, 2.75) is 57.0 Å². The summed E-state index contributed by atoms with van der Waals surface area (Å²) >= 11 is 0. The summed E-state index contributed by atoms with van der Waals surface area (Å²) in [4.78, 5) is 2.20. The summed E-state index contributed by atoms with van der Waals surface area (Å²) < 4.78 is 73.0. The topological polar surface area (TPSA) is 58.6 Å². The second kappa shape index (κ2) is 10.1. The molecule has 9 heteroatoms. The second-order valence-corrected chi connectivity index (χ2v) is 12.1. The summed E-state index contributed by atoms with van der Waals surface area (Å²) in [5.41, 5.74) is 2.80. The van der Waals surface area contributed by atoms with Crippen molar-refractivity contribution < 1.29 is 26.3 Å². The second-order valence-electron chi connectivity index (χ2n) is 10.4. The van der Waals surface area contributed by atoms with Crippen LogP contribution in [-0.4, -0.2) is 33.2 Å². The van der Waals surface area contributed by atoms with Crippen LogP contribution in [0.4, 0.5) is 18.9 Å². The number of hydrogen-bond acceptors (Lipinski definition) is 4. The van der Waals surface area contributed by atoms with E-state index in [0.29, 0.717) is 25.3 Å². The predicted octanol–water partition coefficient (Wildman–Crippen LogP) is 6.16. The summed E-state index contributed by atoms with van der Waals surface area (Å²) in [6.45, 7) is 8.93. The van der Waals surface area contributed by atoms with Crippen molar-refractivity contribution in [1.29, 1.82) is 0 Å². The Balaban J connectivity index is 1.38. The standard InChI is InChI=1S/C28H31F3N2O3S/c1-19-5-14-26(37(34,35)32-27(2,3)4)25(15-19)21-8-6-20(7-9-21)18-36-24-16-33(17-24)23-12-10-22(11-13-23)28(29,30)31/h5-15,24,32H,16-18H2,1-4H3. The van der Waals surface area contributed by atoms with Crippen LogP contribution in [0.15, 0.2) is 71.6 Å². The van der Waals surface area contributed by atoms with E-state index in [0.717, 1.165) is 34.5 Å². The molecule has 1 fully saturated rings. The summed E-state index contributed by atoms with van der Waals surface area (Å²) in [5.74, 6) is 0. The molecule has 4 rings (SSSR count). The minimum Gasteiger partial charge on any atom is -0.370 e. The van der Waals surface area contributed by atoms with Gasteiger partial charge in [0.05, 0.1) is 23.2 Å². The van der Waals surface area contributed by atoms with Crippen molar-refractivity contribution in [1.82, 2.24) is 4.72 Å². The van der Waals surface area contributed by atoms with Crippen molar-refractivity contribution in [3.8, 4) is 11.1 Å². The number of hydrogen-bond donors (Lipinski definition) is 1. The van der Waals surface area contributed by atoms with Gasteiger partial charge in [-0.15, -0.1) is 0 Å². The highest BCUT2D eigenvalue weighted by Gasteiger charge is 2.32. The maximum Gasteiger partial charge on any atom is 0.416 e. The van der Waals surface area contributed by atoms with Crippen LogP contribution < -0.4 is 9.62 Å². The Kier molecular flexibility index (Phi) is 7.43. The first-order chi connectivity index (χ1) is 17.2. The average molecular weight is 533 g/mol. The smallest absolute Gasteiger partial charge is 0.370 e. The fourth-order valence-corrected chi connectivity index (χ4v) is 5.80. The molecule has 0 aliphatic carbocycles. The Morgan fingerprint density at radius 2 is 1.57 bits per heavy atom. The molecule has 37 heavy (non-hydrogen) atoms. The van der Waals surface area contributed by atoms with Gasteiger partial charge in [0.25, 0.3) is 0 Å². The molecule has 3 aromatic rings. The zero-order valence-electron chi connectivity index (χ0n) is 21.3. The van der Waals surface area contributed by atoms with Gasteiger partial charge in [0, 0.05) is 29.9 Å². The van der Waals surface area contributed by atoms with E-state index < -0.39 is 27.3 Å². The highest BCUT2D eigenvalue weighted by molar-refractivity contribution is 7.89. The van der Waals surface area contributed by atoms with E-state index in [1.54, 1.807) is 32.9 Å². The number of alkyl halides is 3. The molecule has 0 radical (unpaired) electrons. The molecule has 1 heterocycles. The molecule has 0 bridgehead atoms. The van der Waals surface area contributed by atoms with Gasteiger partial charge in [0.15, 0.2) is 0 Å². The Bertz CT molecular complexity index is 1340. The molecule has 0 aromatic heterocycles. The number of sulfonamides is 1. The van der Waals surface area contributed by atoms with Gasteiger partial charge in [-0.3, -0.25) is 0 Å². The van der Waals surface area contributed by atoms with Crippen molar-refractivity contribution in [3.63, 3.8) is 0 Å². The lowest BCUT2D eigenvalue weighted by molar-refractivity contribution is -0.137. The quantitative estimate of drug-likeness (QED) is 0.396. The summed E-state index contributed by atoms with van der Waals surface area (Å²) in [6, 6.07) is 18.0. The van der Waals surface area contributed by atoms with Gasteiger partial charge in [0.2, 0.25) is 10.0 Å². The molecule has 0 spiro atoms. The molecule has 1 saturated heterocycles. The van der Waals surface area contributed by atoms with Crippen molar-refractivity contribution in [3.05, 3.63) is 83.4 Å². The van der Waals surface area contributed by atoms with E-state index in [2.05, 4.69) is 4.72 Å². The highest BCUT2D eigenvalue weighted by atomic mass is 32.2. The summed E-state index contributed by atoms with van der Waals surface area (Å²) in [6.07, 6.45) is -4.35. The molecule has 0 atom stereocenters. The number of aryl methyl sites for hydroxylation is 1. The van der Waals surface area contributed by atoms with Gasteiger partial charge < -0.3 is 9.64 Å². The molecule has 0 saturated carbocycles. The zero-order chi connectivity index (χ0) is 27.0. The number of benzene rings is 3. The Hall–Kier alpha value is -2.88. The Morgan fingerprint density at radius 1 is 0.946 bits per heavy atom. The molecule has 5 nitrogen and oxygen atoms in total. The summed E-state index contributed by atoms with van der Waals surface area (Å²) in [5, 5.41) is 0. The molecular formula is C28H31F3N2O3S. The van der Waals surface area contributed by atoms with Crippen LogP contribution in [0.5, 0.6) is 0 Å². The third kappa shape index (κ3) is 6.71. The third-order valence-electron chi connectivity index (χ3n) is 6.02. The molecule has 1 aliphatic heterocycles. The number of rotatable bonds is 7. The number of ether oxygens (including phenoxy) is 1. The van der Waals surface area contributed by atoms with Gasteiger partial charge in [0.1, 0.15) is 0 Å². The molecule has 0 unspecified atom stereocenters. The number of halogens is 3. The van der Waals surface area contributed by atoms with Gasteiger partial charge in [-0.2, -0.15) is 13.2 Å². The molecule has 1 aliphatic rings. The van der Waals surface area contributed by atoms with Crippen molar-refractivity contribution in [2.75, 3.05) is 18.0 Å². The van der Waals surface area contributed by atoms with Gasteiger partial charge in [-0.05, 0) is 69.2 Å². The van der Waals surface area contributed by atoms with E-state index in [1.807, 2.05) is 42.2 Å². The average Bonchev–Trinajstić information content (AvgIpc) is 2.76. The minimum absolute atomic E-state index is 0.0149. The fourth-order valence-electron chi connectivity index (χ4n) is 4.17. The first kappa shape index (κ1) is 27.2. The lowest BCUT2D eigenvalue weighted by atomic mass is 10.0. The SMILES string of the molecule is Cc1ccc(S(=O)(=O)NC(C)(C)C)c(-c2ccc(COC3CN(c4ccc(C(F)(F)F)cc4)C3)cc2)c1. The first-order valence-corrected chi connectivity index (χ1v) is 13.5. The summed E-state index contributed by atoms with van der Waals surface area (Å²) in [7, 11) is -3.71. The van der Waals surface area contributed by atoms with Crippen LogP contribution in [-0.2, 0) is 27.5 Å². The predicted molar refractivity (Wildman–Crippen MR) is 139 cm³/mol. The molecule has 0 amide bonds. The fraction of sp³-hybridized carbons (Fsp3) is 0.357. The first-order valence-electron chi connectivity index (χ1n) is 12.0.